The van der Waals surface area contributed by atoms with Gasteiger partial charge in [-0.1, -0.05) is 152 Å². The molecule has 0 atom stereocenters. The van der Waals surface area contributed by atoms with Crippen LogP contribution >= 0.6 is 0 Å². The Balaban J connectivity index is 1.13. The molecule has 0 radical (unpaired) electrons. The fourth-order valence-electron chi connectivity index (χ4n) is 8.50. The molecule has 1 aromatic heterocycles. The maximum absolute atomic E-state index is 6.68. The molecule has 0 aliphatic heterocycles. The molecule has 0 saturated carbocycles. The molecular weight excluding hydrogens is 655 g/mol. The Morgan fingerprint density at radius 3 is 1.81 bits per heavy atom. The highest BCUT2D eigenvalue weighted by atomic mass is 16.3. The predicted octanol–water partition coefficient (Wildman–Crippen LogP) is 15.0. The molecule has 11 aromatic rings. The number of hydrogen-bond donors (Lipinski definition) is 0. The van der Waals surface area contributed by atoms with Crippen LogP contribution < -0.4 is 4.90 Å². The van der Waals surface area contributed by atoms with E-state index in [0.717, 1.165) is 44.4 Å². The van der Waals surface area contributed by atoms with Crippen molar-refractivity contribution in [1.82, 2.24) is 0 Å². The lowest BCUT2D eigenvalue weighted by molar-refractivity contribution is 0.672. The monoisotopic (exact) mass is 687 g/mol. The molecule has 10 aromatic carbocycles. The van der Waals surface area contributed by atoms with Gasteiger partial charge in [0.1, 0.15) is 11.2 Å². The summed E-state index contributed by atoms with van der Waals surface area (Å²) in [5, 5.41) is 12.0. The third-order valence-electron chi connectivity index (χ3n) is 11.0. The zero-order valence-corrected chi connectivity index (χ0v) is 29.4. The maximum Gasteiger partial charge on any atom is 0.143 e. The van der Waals surface area contributed by atoms with Crippen LogP contribution in [0.4, 0.5) is 17.1 Å². The number of rotatable bonds is 5. The maximum atomic E-state index is 6.68. The van der Waals surface area contributed by atoms with Gasteiger partial charge in [0.2, 0.25) is 0 Å². The molecule has 2 heteroatoms. The standard InChI is InChI=1S/C52H33NO/c1-2-12-34(13-3-1)35-24-27-39(28-25-35)53(49-22-11-23-50-51(49)47-30-26-36-14-4-7-18-43(36)52(47)54-50)40-29-31-42-37(32-40)16-10-21-45(42)48-33-38-15-5-6-17-41(38)44-19-8-9-20-46(44)48/h1-33H. The van der Waals surface area contributed by atoms with Gasteiger partial charge in [-0.2, -0.15) is 0 Å². The number of benzene rings is 10. The lowest BCUT2D eigenvalue weighted by atomic mass is 9.90. The zero-order chi connectivity index (χ0) is 35.6. The third-order valence-corrected chi connectivity index (χ3v) is 11.0. The highest BCUT2D eigenvalue weighted by molar-refractivity contribution is 6.20. The summed E-state index contributed by atoms with van der Waals surface area (Å²) in [5.74, 6) is 0. The second-order valence-corrected chi connectivity index (χ2v) is 14.1. The molecule has 0 unspecified atom stereocenters. The number of hydrogen-bond acceptors (Lipinski definition) is 2. The van der Waals surface area contributed by atoms with Crippen LogP contribution in [0.2, 0.25) is 0 Å². The second kappa shape index (κ2) is 12.2. The van der Waals surface area contributed by atoms with E-state index in [2.05, 4.69) is 205 Å². The Labute approximate surface area is 312 Å². The van der Waals surface area contributed by atoms with E-state index in [1.54, 1.807) is 0 Å². The predicted molar refractivity (Wildman–Crippen MR) is 229 cm³/mol. The Bertz CT molecular complexity index is 3210. The van der Waals surface area contributed by atoms with Crippen LogP contribution in [0.25, 0.3) is 87.3 Å². The largest absolute Gasteiger partial charge is 0.455 e. The summed E-state index contributed by atoms with van der Waals surface area (Å²) < 4.78 is 6.68. The summed E-state index contributed by atoms with van der Waals surface area (Å²) >= 11 is 0. The van der Waals surface area contributed by atoms with Gasteiger partial charge in [0.05, 0.1) is 11.1 Å². The summed E-state index contributed by atoms with van der Waals surface area (Å²) in [6, 6.07) is 72.2. The summed E-state index contributed by atoms with van der Waals surface area (Å²) in [4.78, 5) is 2.39. The molecule has 0 saturated heterocycles. The van der Waals surface area contributed by atoms with Gasteiger partial charge < -0.3 is 9.32 Å². The summed E-state index contributed by atoms with van der Waals surface area (Å²) in [6.45, 7) is 0. The van der Waals surface area contributed by atoms with Crippen molar-refractivity contribution in [2.24, 2.45) is 0 Å². The van der Waals surface area contributed by atoms with Crippen LogP contribution in [0.5, 0.6) is 0 Å². The first-order chi connectivity index (χ1) is 26.8. The van der Waals surface area contributed by atoms with Crippen LogP contribution in [0, 0.1) is 0 Å². The van der Waals surface area contributed by atoms with Crippen molar-refractivity contribution < 1.29 is 4.42 Å². The van der Waals surface area contributed by atoms with Crippen LogP contribution in [-0.4, -0.2) is 0 Å². The lowest BCUT2D eigenvalue weighted by Gasteiger charge is -2.27. The highest BCUT2D eigenvalue weighted by Gasteiger charge is 2.21. The molecule has 252 valence electrons. The van der Waals surface area contributed by atoms with E-state index in [4.69, 9.17) is 4.42 Å². The van der Waals surface area contributed by atoms with Crippen molar-refractivity contribution in [1.29, 1.82) is 0 Å². The van der Waals surface area contributed by atoms with E-state index in [0.29, 0.717) is 0 Å². The van der Waals surface area contributed by atoms with Crippen molar-refractivity contribution in [2.75, 3.05) is 4.90 Å². The SMILES string of the molecule is c1ccc(-c2ccc(N(c3ccc4c(-c5cc6ccccc6c6ccccc56)cccc4c3)c3cccc4oc5c6ccccc6ccc5c34)cc2)cc1. The first-order valence-electron chi connectivity index (χ1n) is 18.5. The quantitative estimate of drug-likeness (QED) is 0.168. The molecule has 0 aliphatic carbocycles. The number of fused-ring (bicyclic) bond motifs is 9. The molecule has 11 rings (SSSR count). The number of furan rings is 1. The molecule has 2 nitrogen and oxygen atoms in total. The topological polar surface area (TPSA) is 16.4 Å². The van der Waals surface area contributed by atoms with Crippen LogP contribution in [-0.2, 0) is 0 Å². The van der Waals surface area contributed by atoms with Crippen LogP contribution in [0.1, 0.15) is 0 Å². The molecular formula is C52H33NO. The van der Waals surface area contributed by atoms with Gasteiger partial charge in [0.15, 0.2) is 0 Å². The molecule has 0 fully saturated rings. The van der Waals surface area contributed by atoms with Crippen molar-refractivity contribution in [3.8, 4) is 22.3 Å². The fourth-order valence-corrected chi connectivity index (χ4v) is 8.50. The molecule has 0 bridgehead atoms. The van der Waals surface area contributed by atoms with Gasteiger partial charge in [0.25, 0.3) is 0 Å². The Morgan fingerprint density at radius 2 is 0.963 bits per heavy atom. The number of anilines is 3. The minimum absolute atomic E-state index is 0.871. The number of nitrogens with zero attached hydrogens (tertiary/aromatic N) is 1. The van der Waals surface area contributed by atoms with Crippen LogP contribution in [0.3, 0.4) is 0 Å². The second-order valence-electron chi connectivity index (χ2n) is 14.1. The van der Waals surface area contributed by atoms with Crippen molar-refractivity contribution in [2.45, 2.75) is 0 Å². The molecule has 0 amide bonds. The average molecular weight is 688 g/mol. The van der Waals surface area contributed by atoms with E-state index in [-0.39, 0.29) is 0 Å². The summed E-state index contributed by atoms with van der Waals surface area (Å²) in [6.07, 6.45) is 0. The van der Waals surface area contributed by atoms with E-state index >= 15 is 0 Å². The molecule has 0 N–H and O–H groups in total. The van der Waals surface area contributed by atoms with Gasteiger partial charge in [0, 0.05) is 22.1 Å². The normalized spacial score (nSPS) is 11.7. The first kappa shape index (κ1) is 30.5. The fraction of sp³-hybridized carbons (Fsp3) is 0. The Hall–Kier alpha value is -7.16. The van der Waals surface area contributed by atoms with Crippen molar-refractivity contribution >= 4 is 82.1 Å². The van der Waals surface area contributed by atoms with Gasteiger partial charge in [-0.25, -0.2) is 0 Å². The smallest absolute Gasteiger partial charge is 0.143 e. The van der Waals surface area contributed by atoms with E-state index in [1.807, 2.05) is 0 Å². The van der Waals surface area contributed by atoms with Gasteiger partial charge >= 0.3 is 0 Å². The lowest BCUT2D eigenvalue weighted by Crippen LogP contribution is -2.10. The Kier molecular flexibility index (Phi) is 6.90. The minimum Gasteiger partial charge on any atom is -0.455 e. The van der Waals surface area contributed by atoms with Gasteiger partial charge in [-0.15, -0.1) is 0 Å². The average Bonchev–Trinajstić information content (AvgIpc) is 3.64. The molecule has 54 heavy (non-hydrogen) atoms. The zero-order valence-electron chi connectivity index (χ0n) is 29.4. The van der Waals surface area contributed by atoms with Crippen molar-refractivity contribution in [3.05, 3.63) is 200 Å². The van der Waals surface area contributed by atoms with Crippen molar-refractivity contribution in [3.63, 3.8) is 0 Å². The van der Waals surface area contributed by atoms with E-state index < -0.39 is 0 Å². The van der Waals surface area contributed by atoms with E-state index in [9.17, 15) is 0 Å². The minimum atomic E-state index is 0.871. The summed E-state index contributed by atoms with van der Waals surface area (Å²) in [7, 11) is 0. The summed E-state index contributed by atoms with van der Waals surface area (Å²) in [5.41, 5.74) is 9.88. The Morgan fingerprint density at radius 1 is 0.333 bits per heavy atom. The van der Waals surface area contributed by atoms with Crippen LogP contribution in [0.15, 0.2) is 205 Å². The van der Waals surface area contributed by atoms with Gasteiger partial charge in [-0.3, -0.25) is 0 Å². The highest BCUT2D eigenvalue weighted by Crippen LogP contribution is 2.46. The van der Waals surface area contributed by atoms with Gasteiger partial charge in [-0.05, 0) is 108 Å². The molecule has 0 spiro atoms. The third kappa shape index (κ3) is 4.81. The molecule has 0 aliphatic rings. The molecule has 1 heterocycles. The van der Waals surface area contributed by atoms with E-state index in [1.165, 1.54) is 60.0 Å². The first-order valence-corrected chi connectivity index (χ1v) is 18.5.